The van der Waals surface area contributed by atoms with Crippen LogP contribution in [0.25, 0.3) is 0 Å². The smallest absolute Gasteiger partial charge is 0.0330 e. The highest BCUT2D eigenvalue weighted by atomic mass is 79.9. The molecule has 0 saturated carbocycles. The molecule has 1 heterocycles. The number of benzene rings is 1. The number of halogens is 1. The second kappa shape index (κ2) is 7.39. The molecule has 19 heavy (non-hydrogen) atoms. The lowest BCUT2D eigenvalue weighted by molar-refractivity contribution is 0.149. The van der Waals surface area contributed by atoms with Gasteiger partial charge in [-0.05, 0) is 38.2 Å². The molecule has 1 aromatic rings. The van der Waals surface area contributed by atoms with E-state index in [0.717, 1.165) is 10.9 Å². The van der Waals surface area contributed by atoms with Gasteiger partial charge >= 0.3 is 0 Å². The predicted octanol–water partition coefficient (Wildman–Crippen LogP) is 2.35. The van der Waals surface area contributed by atoms with Gasteiger partial charge in [-0.1, -0.05) is 28.1 Å². The van der Waals surface area contributed by atoms with Gasteiger partial charge in [0.05, 0.1) is 0 Å². The van der Waals surface area contributed by atoms with Gasteiger partial charge in [0.1, 0.15) is 0 Å². The first kappa shape index (κ1) is 15.0. The van der Waals surface area contributed by atoms with Crippen molar-refractivity contribution in [3.8, 4) is 0 Å². The van der Waals surface area contributed by atoms with Crippen molar-refractivity contribution < 1.29 is 0 Å². The Morgan fingerprint density at radius 2 is 2.00 bits per heavy atom. The van der Waals surface area contributed by atoms with Crippen LogP contribution in [0.3, 0.4) is 0 Å². The summed E-state index contributed by atoms with van der Waals surface area (Å²) in [7, 11) is 4.25. The minimum atomic E-state index is 0.442. The van der Waals surface area contributed by atoms with Crippen LogP contribution in [0.15, 0.2) is 28.7 Å². The van der Waals surface area contributed by atoms with Gasteiger partial charge in [0, 0.05) is 43.2 Å². The lowest BCUT2D eigenvalue weighted by Crippen LogP contribution is -2.45. The fourth-order valence-electron chi connectivity index (χ4n) is 2.58. The quantitative estimate of drug-likeness (QED) is 0.896. The topological polar surface area (TPSA) is 18.5 Å². The van der Waals surface area contributed by atoms with Crippen LogP contribution in [0.2, 0.25) is 0 Å². The van der Waals surface area contributed by atoms with E-state index in [0.29, 0.717) is 6.04 Å². The number of hydrogen-bond donors (Lipinski definition) is 1. The number of likely N-dealkylation sites (N-methyl/N-ethyl adjacent to an activating group) is 1. The summed E-state index contributed by atoms with van der Waals surface area (Å²) in [4.78, 5) is 4.97. The molecule has 1 aliphatic rings. The fourth-order valence-corrected chi connectivity index (χ4v) is 3.00. The van der Waals surface area contributed by atoms with Gasteiger partial charge in [0.25, 0.3) is 0 Å². The average molecular weight is 326 g/mol. The first-order chi connectivity index (χ1) is 9.19. The third-order valence-electron chi connectivity index (χ3n) is 3.93. The van der Waals surface area contributed by atoms with Crippen LogP contribution < -0.4 is 5.32 Å². The number of rotatable bonds is 5. The van der Waals surface area contributed by atoms with E-state index in [1.54, 1.807) is 0 Å². The Hall–Kier alpha value is -0.420. The molecule has 0 bridgehead atoms. The Bertz CT molecular complexity index is 389. The summed E-state index contributed by atoms with van der Waals surface area (Å²) < 4.78 is 1.16. The van der Waals surface area contributed by atoms with Crippen molar-refractivity contribution >= 4 is 15.9 Å². The molecule has 1 aromatic carbocycles. The molecule has 0 radical (unpaired) electrons. The van der Waals surface area contributed by atoms with Crippen LogP contribution in [-0.2, 0) is 0 Å². The van der Waals surface area contributed by atoms with Crippen LogP contribution in [-0.4, -0.2) is 56.6 Å². The van der Waals surface area contributed by atoms with Crippen molar-refractivity contribution in [2.45, 2.75) is 12.5 Å². The summed E-state index contributed by atoms with van der Waals surface area (Å²) in [6, 6.07) is 9.05. The van der Waals surface area contributed by atoms with Gasteiger partial charge in [0.15, 0.2) is 0 Å². The summed E-state index contributed by atoms with van der Waals surface area (Å²) in [5, 5.41) is 3.44. The van der Waals surface area contributed by atoms with Gasteiger partial charge < -0.3 is 15.1 Å². The molecule has 1 saturated heterocycles. The average Bonchev–Trinajstić information content (AvgIpc) is 2.42. The second-order valence-electron chi connectivity index (χ2n) is 5.33. The number of piperazine rings is 1. The molecule has 1 aliphatic heterocycles. The van der Waals surface area contributed by atoms with E-state index < -0.39 is 0 Å². The predicted molar refractivity (Wildman–Crippen MR) is 84.5 cm³/mol. The summed E-state index contributed by atoms with van der Waals surface area (Å²) in [5.41, 5.74) is 1.37. The van der Waals surface area contributed by atoms with Crippen molar-refractivity contribution in [2.75, 3.05) is 46.8 Å². The van der Waals surface area contributed by atoms with E-state index in [4.69, 9.17) is 0 Å². The van der Waals surface area contributed by atoms with Crippen LogP contribution in [0.4, 0.5) is 0 Å². The molecule has 1 fully saturated rings. The maximum Gasteiger partial charge on any atom is 0.0330 e. The lowest BCUT2D eigenvalue weighted by atomic mass is 10.0. The molecule has 3 nitrogen and oxygen atoms in total. The third-order valence-corrected chi connectivity index (χ3v) is 4.42. The zero-order chi connectivity index (χ0) is 13.7. The first-order valence-corrected chi connectivity index (χ1v) is 7.82. The molecule has 1 unspecified atom stereocenters. The maximum absolute atomic E-state index is 3.55. The van der Waals surface area contributed by atoms with E-state index in [1.165, 1.54) is 38.3 Å². The molecular weight excluding hydrogens is 302 g/mol. The summed E-state index contributed by atoms with van der Waals surface area (Å²) in [6.45, 7) is 5.96. The minimum absolute atomic E-state index is 0.442. The molecule has 1 atom stereocenters. The lowest BCUT2D eigenvalue weighted by Gasteiger charge is -2.33. The number of hydrogen-bond acceptors (Lipinski definition) is 3. The van der Waals surface area contributed by atoms with E-state index in [2.05, 4.69) is 69.4 Å². The molecule has 0 aliphatic carbocycles. The minimum Gasteiger partial charge on any atom is -0.313 e. The van der Waals surface area contributed by atoms with Crippen molar-refractivity contribution in [2.24, 2.45) is 0 Å². The van der Waals surface area contributed by atoms with Gasteiger partial charge in [-0.15, -0.1) is 0 Å². The molecule has 0 spiro atoms. The summed E-state index contributed by atoms with van der Waals surface area (Å²) >= 11 is 3.55. The Balaban J connectivity index is 1.86. The van der Waals surface area contributed by atoms with Crippen molar-refractivity contribution in [1.29, 1.82) is 0 Å². The third kappa shape index (κ3) is 4.56. The number of nitrogens with one attached hydrogen (secondary N) is 1. The Labute approximate surface area is 125 Å². The zero-order valence-corrected chi connectivity index (χ0v) is 13.5. The first-order valence-electron chi connectivity index (χ1n) is 7.02. The Kier molecular flexibility index (Phi) is 5.82. The highest BCUT2D eigenvalue weighted by Crippen LogP contribution is 2.21. The molecule has 4 heteroatoms. The standard InChI is InChI=1S/C15H24BrN3/c1-17-15(13-4-3-5-14(16)12-13)6-7-19-10-8-18(2)9-11-19/h3-5,12,15,17H,6-11H2,1-2H3. The highest BCUT2D eigenvalue weighted by molar-refractivity contribution is 9.10. The monoisotopic (exact) mass is 325 g/mol. The van der Waals surface area contributed by atoms with Gasteiger partial charge in [-0.2, -0.15) is 0 Å². The van der Waals surface area contributed by atoms with E-state index in [1.807, 2.05) is 0 Å². The Morgan fingerprint density at radius 1 is 1.26 bits per heavy atom. The molecule has 1 N–H and O–H groups in total. The zero-order valence-electron chi connectivity index (χ0n) is 11.9. The van der Waals surface area contributed by atoms with Gasteiger partial charge in [0.2, 0.25) is 0 Å². The molecular formula is C15H24BrN3. The fraction of sp³-hybridized carbons (Fsp3) is 0.600. The van der Waals surface area contributed by atoms with Crippen molar-refractivity contribution in [1.82, 2.24) is 15.1 Å². The Morgan fingerprint density at radius 3 is 2.63 bits per heavy atom. The second-order valence-corrected chi connectivity index (χ2v) is 6.25. The van der Waals surface area contributed by atoms with Gasteiger partial charge in [-0.3, -0.25) is 0 Å². The summed E-state index contributed by atoms with van der Waals surface area (Å²) in [5.74, 6) is 0. The largest absolute Gasteiger partial charge is 0.313 e. The molecule has 106 valence electrons. The molecule has 0 amide bonds. The van der Waals surface area contributed by atoms with Crippen LogP contribution in [0.5, 0.6) is 0 Å². The van der Waals surface area contributed by atoms with Crippen molar-refractivity contribution in [3.05, 3.63) is 34.3 Å². The van der Waals surface area contributed by atoms with Gasteiger partial charge in [-0.25, -0.2) is 0 Å². The van der Waals surface area contributed by atoms with E-state index in [9.17, 15) is 0 Å². The molecule has 0 aromatic heterocycles. The van der Waals surface area contributed by atoms with Crippen LogP contribution in [0, 0.1) is 0 Å². The van der Waals surface area contributed by atoms with Crippen LogP contribution in [0.1, 0.15) is 18.0 Å². The highest BCUT2D eigenvalue weighted by Gasteiger charge is 2.16. The maximum atomic E-state index is 3.55. The van der Waals surface area contributed by atoms with Crippen LogP contribution >= 0.6 is 15.9 Å². The van der Waals surface area contributed by atoms with Crippen molar-refractivity contribution in [3.63, 3.8) is 0 Å². The molecule has 2 rings (SSSR count). The number of nitrogens with zero attached hydrogens (tertiary/aromatic N) is 2. The SMILES string of the molecule is CNC(CCN1CCN(C)CC1)c1cccc(Br)c1. The van der Waals surface area contributed by atoms with E-state index >= 15 is 0 Å². The summed E-state index contributed by atoms with van der Waals surface area (Å²) in [6.07, 6.45) is 1.16. The van der Waals surface area contributed by atoms with E-state index in [-0.39, 0.29) is 0 Å². The normalized spacial score (nSPS) is 19.5.